The number of anilines is 1. The van der Waals surface area contributed by atoms with Crippen LogP contribution in [0, 0.1) is 0 Å². The van der Waals surface area contributed by atoms with Crippen LogP contribution in [0.3, 0.4) is 0 Å². The van der Waals surface area contributed by atoms with Gasteiger partial charge in [0, 0.05) is 29.0 Å². The third-order valence-corrected chi connectivity index (χ3v) is 4.82. The van der Waals surface area contributed by atoms with Gasteiger partial charge in [0.25, 0.3) is 0 Å². The van der Waals surface area contributed by atoms with Gasteiger partial charge in [0.15, 0.2) is 5.13 Å². The van der Waals surface area contributed by atoms with Crippen molar-refractivity contribution in [3.8, 4) is 0 Å². The van der Waals surface area contributed by atoms with Gasteiger partial charge in [0.2, 0.25) is 0 Å². The molecular weight excluding hydrogens is 256 g/mol. The van der Waals surface area contributed by atoms with Crippen LogP contribution in [0.2, 0.25) is 0 Å². The number of aliphatic carboxylic acids is 1. The SMILES string of the molecule is CC1(C)CN(c2nc(CC(=O)O)cs2)CCS1. The molecule has 0 saturated carbocycles. The highest BCUT2D eigenvalue weighted by atomic mass is 32.2. The molecule has 1 N–H and O–H groups in total. The van der Waals surface area contributed by atoms with E-state index in [-0.39, 0.29) is 11.2 Å². The summed E-state index contributed by atoms with van der Waals surface area (Å²) in [5.74, 6) is 0.275. The first-order chi connectivity index (χ1) is 7.96. The van der Waals surface area contributed by atoms with Gasteiger partial charge in [-0.25, -0.2) is 4.98 Å². The largest absolute Gasteiger partial charge is 0.481 e. The van der Waals surface area contributed by atoms with Gasteiger partial charge in [0.1, 0.15) is 0 Å². The molecule has 1 saturated heterocycles. The Bertz CT molecular complexity index is 417. The third kappa shape index (κ3) is 3.35. The van der Waals surface area contributed by atoms with Gasteiger partial charge in [-0.3, -0.25) is 4.79 Å². The molecule has 0 unspecified atom stereocenters. The smallest absolute Gasteiger partial charge is 0.309 e. The highest BCUT2D eigenvalue weighted by Gasteiger charge is 2.28. The van der Waals surface area contributed by atoms with Crippen molar-refractivity contribution in [2.24, 2.45) is 0 Å². The van der Waals surface area contributed by atoms with Gasteiger partial charge in [-0.05, 0) is 13.8 Å². The van der Waals surface area contributed by atoms with Crippen molar-refractivity contribution in [1.29, 1.82) is 0 Å². The molecule has 1 aliphatic heterocycles. The van der Waals surface area contributed by atoms with Crippen molar-refractivity contribution in [1.82, 2.24) is 4.98 Å². The second-order valence-corrected chi connectivity index (χ2v) is 7.36. The van der Waals surface area contributed by atoms with Crippen LogP contribution in [-0.2, 0) is 11.2 Å². The number of hydrogen-bond acceptors (Lipinski definition) is 5. The van der Waals surface area contributed by atoms with Crippen LogP contribution in [0.5, 0.6) is 0 Å². The Balaban J connectivity index is 2.06. The minimum Gasteiger partial charge on any atom is -0.481 e. The molecule has 0 amide bonds. The van der Waals surface area contributed by atoms with E-state index in [1.807, 2.05) is 17.1 Å². The summed E-state index contributed by atoms with van der Waals surface area (Å²) < 4.78 is 0.247. The number of aromatic nitrogens is 1. The molecule has 17 heavy (non-hydrogen) atoms. The number of carboxylic acids is 1. The fourth-order valence-electron chi connectivity index (χ4n) is 1.86. The standard InChI is InChI=1S/C11H16N2O2S2/c1-11(2)7-13(3-4-17-11)10-12-8(6-16-10)5-9(14)15/h6H,3-5,7H2,1-2H3,(H,14,15). The average molecular weight is 272 g/mol. The lowest BCUT2D eigenvalue weighted by Crippen LogP contribution is -2.43. The molecule has 0 aliphatic carbocycles. The second kappa shape index (κ2) is 4.86. The van der Waals surface area contributed by atoms with E-state index in [0.29, 0.717) is 5.69 Å². The molecular formula is C11H16N2O2S2. The zero-order valence-corrected chi connectivity index (χ0v) is 11.6. The molecule has 0 atom stereocenters. The predicted molar refractivity (Wildman–Crippen MR) is 72.2 cm³/mol. The first-order valence-electron chi connectivity index (χ1n) is 5.51. The van der Waals surface area contributed by atoms with E-state index in [9.17, 15) is 4.79 Å². The lowest BCUT2D eigenvalue weighted by Gasteiger charge is -2.37. The van der Waals surface area contributed by atoms with E-state index in [0.717, 1.165) is 24.0 Å². The minimum absolute atomic E-state index is 0.0164. The molecule has 0 bridgehead atoms. The normalized spacial score (nSPS) is 19.3. The van der Waals surface area contributed by atoms with Crippen LogP contribution >= 0.6 is 23.1 Å². The lowest BCUT2D eigenvalue weighted by molar-refractivity contribution is -0.136. The van der Waals surface area contributed by atoms with E-state index < -0.39 is 5.97 Å². The quantitative estimate of drug-likeness (QED) is 0.913. The first kappa shape index (κ1) is 12.7. The van der Waals surface area contributed by atoms with Gasteiger partial charge >= 0.3 is 5.97 Å². The maximum Gasteiger partial charge on any atom is 0.309 e. The summed E-state index contributed by atoms with van der Waals surface area (Å²) in [4.78, 5) is 17.3. The minimum atomic E-state index is -0.823. The van der Waals surface area contributed by atoms with Gasteiger partial charge in [-0.1, -0.05) is 0 Å². The Morgan fingerprint density at radius 1 is 1.65 bits per heavy atom. The average Bonchev–Trinajstić information content (AvgIpc) is 2.63. The Kier molecular flexibility index (Phi) is 3.63. The van der Waals surface area contributed by atoms with Gasteiger partial charge in [-0.15, -0.1) is 11.3 Å². The number of thioether (sulfide) groups is 1. The molecule has 2 heterocycles. The molecule has 1 aromatic heterocycles. The number of carboxylic acid groups (broad SMARTS) is 1. The van der Waals surface area contributed by atoms with Crippen LogP contribution in [-0.4, -0.2) is 39.6 Å². The van der Waals surface area contributed by atoms with Crippen LogP contribution in [0.15, 0.2) is 5.38 Å². The van der Waals surface area contributed by atoms with Crippen LogP contribution in [0.4, 0.5) is 5.13 Å². The Morgan fingerprint density at radius 3 is 3.06 bits per heavy atom. The van der Waals surface area contributed by atoms with Crippen LogP contribution < -0.4 is 4.90 Å². The number of hydrogen-bond donors (Lipinski definition) is 1. The maximum atomic E-state index is 10.6. The first-order valence-corrected chi connectivity index (χ1v) is 7.38. The predicted octanol–water partition coefficient (Wildman–Crippen LogP) is 2.10. The lowest BCUT2D eigenvalue weighted by atomic mass is 10.2. The molecule has 0 aromatic carbocycles. The summed E-state index contributed by atoms with van der Waals surface area (Å²) in [7, 11) is 0. The topological polar surface area (TPSA) is 53.4 Å². The number of carbonyl (C=O) groups is 1. The highest BCUT2D eigenvalue weighted by molar-refractivity contribution is 8.00. The van der Waals surface area contributed by atoms with Crippen molar-refractivity contribution in [2.75, 3.05) is 23.7 Å². The third-order valence-electron chi connectivity index (χ3n) is 2.57. The molecule has 4 nitrogen and oxygen atoms in total. The maximum absolute atomic E-state index is 10.6. The van der Waals surface area contributed by atoms with Crippen molar-refractivity contribution in [3.63, 3.8) is 0 Å². The molecule has 1 aliphatic rings. The zero-order chi connectivity index (χ0) is 12.5. The molecule has 1 aromatic rings. The Hall–Kier alpha value is -0.750. The van der Waals surface area contributed by atoms with Crippen molar-refractivity contribution < 1.29 is 9.90 Å². The van der Waals surface area contributed by atoms with Crippen molar-refractivity contribution in [2.45, 2.75) is 25.0 Å². The summed E-state index contributed by atoms with van der Waals surface area (Å²) in [5.41, 5.74) is 0.661. The fourth-order valence-corrected chi connectivity index (χ4v) is 3.82. The second-order valence-electron chi connectivity index (χ2n) is 4.72. The van der Waals surface area contributed by atoms with E-state index in [1.165, 1.54) is 0 Å². The van der Waals surface area contributed by atoms with Gasteiger partial charge < -0.3 is 10.0 Å². The molecule has 94 valence electrons. The van der Waals surface area contributed by atoms with Crippen molar-refractivity contribution >= 4 is 34.2 Å². The van der Waals surface area contributed by atoms with E-state index in [4.69, 9.17) is 5.11 Å². The monoisotopic (exact) mass is 272 g/mol. The molecule has 1 fully saturated rings. The van der Waals surface area contributed by atoms with E-state index >= 15 is 0 Å². The van der Waals surface area contributed by atoms with Crippen LogP contribution in [0.1, 0.15) is 19.5 Å². The van der Waals surface area contributed by atoms with Gasteiger partial charge in [-0.2, -0.15) is 11.8 Å². The number of rotatable bonds is 3. The Morgan fingerprint density at radius 2 is 2.41 bits per heavy atom. The van der Waals surface area contributed by atoms with Gasteiger partial charge in [0.05, 0.1) is 12.1 Å². The summed E-state index contributed by atoms with van der Waals surface area (Å²) in [5, 5.41) is 11.5. The number of thiazole rings is 1. The molecule has 0 radical (unpaired) electrons. The molecule has 2 rings (SSSR count). The fraction of sp³-hybridized carbons (Fsp3) is 0.636. The summed E-state index contributed by atoms with van der Waals surface area (Å²) >= 11 is 3.52. The summed E-state index contributed by atoms with van der Waals surface area (Å²) in [6.07, 6.45) is 0.0164. The van der Waals surface area contributed by atoms with E-state index in [1.54, 1.807) is 11.3 Å². The van der Waals surface area contributed by atoms with E-state index in [2.05, 4.69) is 23.7 Å². The molecule has 6 heteroatoms. The van der Waals surface area contributed by atoms with Crippen molar-refractivity contribution in [3.05, 3.63) is 11.1 Å². The molecule has 0 spiro atoms. The highest BCUT2D eigenvalue weighted by Crippen LogP contribution is 2.33. The summed E-state index contributed by atoms with van der Waals surface area (Å²) in [6, 6.07) is 0. The zero-order valence-electron chi connectivity index (χ0n) is 9.97. The van der Waals surface area contributed by atoms with Crippen LogP contribution in [0.25, 0.3) is 0 Å². The summed E-state index contributed by atoms with van der Waals surface area (Å²) in [6.45, 7) is 6.43. The number of nitrogens with zero attached hydrogens (tertiary/aromatic N) is 2. The Labute approximate surface area is 109 Å².